The minimum absolute atomic E-state index is 0.0254. The summed E-state index contributed by atoms with van der Waals surface area (Å²) >= 11 is 2.13. The number of hydrogen-bond donors (Lipinski definition) is 1. The maximum Gasteiger partial charge on any atom is 0.266 e. The zero-order valence-corrected chi connectivity index (χ0v) is 19.4. The third-order valence-corrected chi connectivity index (χ3v) is 5.19. The van der Waals surface area contributed by atoms with Gasteiger partial charge in [-0.05, 0) is 83.1 Å². The second-order valence-electron chi connectivity index (χ2n) is 6.69. The molecule has 0 bridgehead atoms. The van der Waals surface area contributed by atoms with Gasteiger partial charge in [-0.15, -0.1) is 0 Å². The minimum atomic E-state index is -0.507. The Morgan fingerprint density at radius 1 is 1.12 bits per heavy atom. The zero-order valence-electron chi connectivity index (χ0n) is 17.3. The monoisotopic (exact) mass is 542 g/mol. The smallest absolute Gasteiger partial charge is 0.266 e. The molecular weight excluding hydrogens is 522 g/mol. The molecule has 1 amide bonds. The molecule has 0 heterocycles. The molecule has 0 aliphatic rings. The van der Waals surface area contributed by atoms with Gasteiger partial charge in [0.05, 0.1) is 10.2 Å². The Morgan fingerprint density at radius 3 is 2.59 bits per heavy atom. The molecule has 0 saturated carbocycles. The molecule has 0 aliphatic heterocycles. The van der Waals surface area contributed by atoms with Gasteiger partial charge >= 0.3 is 0 Å². The van der Waals surface area contributed by atoms with Crippen LogP contribution in [0, 0.1) is 20.7 Å². The first-order valence-corrected chi connectivity index (χ1v) is 10.9. The van der Waals surface area contributed by atoms with Crippen LogP contribution in [0.4, 0.5) is 10.1 Å². The summed E-state index contributed by atoms with van der Waals surface area (Å²) in [4.78, 5) is 12.6. The number of carbonyl (C=O) groups is 1. The van der Waals surface area contributed by atoms with Crippen LogP contribution in [0.2, 0.25) is 0 Å². The molecule has 0 unspecified atom stereocenters. The van der Waals surface area contributed by atoms with Crippen LogP contribution in [0.1, 0.15) is 18.1 Å². The maximum absolute atomic E-state index is 13.0. The maximum atomic E-state index is 13.0. The predicted molar refractivity (Wildman–Crippen MR) is 130 cm³/mol. The van der Waals surface area contributed by atoms with Crippen molar-refractivity contribution in [1.82, 2.24) is 0 Å². The number of anilines is 1. The van der Waals surface area contributed by atoms with Crippen molar-refractivity contribution in [1.29, 1.82) is 5.26 Å². The van der Waals surface area contributed by atoms with Crippen LogP contribution < -0.4 is 14.8 Å². The van der Waals surface area contributed by atoms with Crippen LogP contribution in [0.25, 0.3) is 6.08 Å². The van der Waals surface area contributed by atoms with Gasteiger partial charge in [-0.3, -0.25) is 4.79 Å². The summed E-state index contributed by atoms with van der Waals surface area (Å²) in [6, 6.07) is 20.4. The highest BCUT2D eigenvalue weighted by Gasteiger charge is 2.11. The molecule has 162 valence electrons. The van der Waals surface area contributed by atoms with Crippen molar-refractivity contribution in [3.05, 3.63) is 92.8 Å². The standard InChI is InChI=1S/C25H20FIN2O3/c1-2-31-22-5-3-4-21(14-22)29-25(30)19(15-28)12-18-8-11-24(23(27)13-18)32-16-17-6-9-20(26)10-7-17/h3-14H,2,16H2,1H3,(H,29,30)/b19-12-. The Bertz CT molecular complexity index is 1170. The Morgan fingerprint density at radius 2 is 1.91 bits per heavy atom. The summed E-state index contributed by atoms with van der Waals surface area (Å²) in [6.45, 7) is 2.70. The number of ether oxygens (including phenoxy) is 2. The lowest BCUT2D eigenvalue weighted by molar-refractivity contribution is -0.112. The van der Waals surface area contributed by atoms with E-state index < -0.39 is 5.91 Å². The highest BCUT2D eigenvalue weighted by atomic mass is 127. The van der Waals surface area contributed by atoms with Crippen molar-refractivity contribution in [3.63, 3.8) is 0 Å². The van der Waals surface area contributed by atoms with Crippen molar-refractivity contribution >= 4 is 40.3 Å². The Labute approximate surface area is 199 Å². The quantitative estimate of drug-likeness (QED) is 0.217. The molecule has 0 saturated heterocycles. The van der Waals surface area contributed by atoms with Gasteiger partial charge in [0.25, 0.3) is 5.91 Å². The Balaban J connectivity index is 1.69. The van der Waals surface area contributed by atoms with E-state index in [2.05, 4.69) is 27.9 Å². The molecule has 0 atom stereocenters. The third kappa shape index (κ3) is 6.56. The normalized spacial score (nSPS) is 10.9. The van der Waals surface area contributed by atoms with Crippen LogP contribution >= 0.6 is 22.6 Å². The van der Waals surface area contributed by atoms with E-state index in [9.17, 15) is 14.4 Å². The van der Waals surface area contributed by atoms with Crippen LogP contribution in [-0.2, 0) is 11.4 Å². The number of rotatable bonds is 8. The first-order valence-electron chi connectivity index (χ1n) is 9.81. The molecular formula is C25H20FIN2O3. The molecule has 5 nitrogen and oxygen atoms in total. The Hall–Kier alpha value is -3.38. The van der Waals surface area contributed by atoms with Crippen molar-refractivity contribution in [2.75, 3.05) is 11.9 Å². The summed E-state index contributed by atoms with van der Waals surface area (Å²) < 4.78 is 25.1. The summed E-state index contributed by atoms with van der Waals surface area (Å²) in [5.41, 5.74) is 2.06. The first kappa shape index (κ1) is 23.3. The number of nitriles is 1. The molecule has 7 heteroatoms. The van der Waals surface area contributed by atoms with Crippen molar-refractivity contribution in [3.8, 4) is 17.6 Å². The highest BCUT2D eigenvalue weighted by molar-refractivity contribution is 14.1. The zero-order chi connectivity index (χ0) is 22.9. The second kappa shape index (κ2) is 11.3. The van der Waals surface area contributed by atoms with Gasteiger partial charge in [-0.2, -0.15) is 5.26 Å². The molecule has 1 N–H and O–H groups in total. The van der Waals surface area contributed by atoms with Gasteiger partial charge in [0, 0.05) is 11.8 Å². The number of benzene rings is 3. The number of nitrogens with one attached hydrogen (secondary N) is 1. The average Bonchev–Trinajstić information content (AvgIpc) is 2.78. The predicted octanol–water partition coefficient (Wildman–Crippen LogP) is 5.95. The fourth-order valence-electron chi connectivity index (χ4n) is 2.81. The number of hydrogen-bond acceptors (Lipinski definition) is 4. The van der Waals surface area contributed by atoms with Gasteiger partial charge in [0.1, 0.15) is 35.6 Å². The molecule has 0 fully saturated rings. The second-order valence-corrected chi connectivity index (χ2v) is 7.85. The van der Waals surface area contributed by atoms with Crippen molar-refractivity contribution in [2.45, 2.75) is 13.5 Å². The fraction of sp³-hybridized carbons (Fsp3) is 0.120. The van der Waals surface area contributed by atoms with Gasteiger partial charge in [-0.1, -0.05) is 24.3 Å². The van der Waals surface area contributed by atoms with E-state index >= 15 is 0 Å². The number of nitrogens with zero attached hydrogens (tertiary/aromatic N) is 1. The lowest BCUT2D eigenvalue weighted by atomic mass is 10.1. The average molecular weight is 542 g/mol. The Kier molecular flexibility index (Phi) is 8.22. The summed E-state index contributed by atoms with van der Waals surface area (Å²) in [5, 5.41) is 12.2. The van der Waals surface area contributed by atoms with Crippen LogP contribution in [0.5, 0.6) is 11.5 Å². The third-order valence-electron chi connectivity index (χ3n) is 4.34. The minimum Gasteiger partial charge on any atom is -0.494 e. The van der Waals surface area contributed by atoms with Gasteiger partial charge in [-0.25, -0.2) is 4.39 Å². The molecule has 0 radical (unpaired) electrons. The molecule has 3 rings (SSSR count). The SMILES string of the molecule is CCOc1cccc(NC(=O)/C(C#N)=C\c2ccc(OCc3ccc(F)cc3)c(I)c2)c1. The fourth-order valence-corrected chi connectivity index (χ4v) is 3.50. The molecule has 3 aromatic carbocycles. The molecule has 3 aromatic rings. The summed E-state index contributed by atoms with van der Waals surface area (Å²) in [5.74, 6) is 0.493. The number of halogens is 2. The van der Waals surface area contributed by atoms with E-state index in [4.69, 9.17) is 9.47 Å². The summed E-state index contributed by atoms with van der Waals surface area (Å²) in [7, 11) is 0. The van der Waals surface area contributed by atoms with E-state index in [1.54, 1.807) is 48.5 Å². The van der Waals surface area contributed by atoms with Crippen molar-refractivity contribution in [2.24, 2.45) is 0 Å². The van der Waals surface area contributed by atoms with E-state index in [-0.39, 0.29) is 11.4 Å². The van der Waals surface area contributed by atoms with E-state index in [0.29, 0.717) is 36.0 Å². The van der Waals surface area contributed by atoms with Crippen LogP contribution in [-0.4, -0.2) is 12.5 Å². The highest BCUT2D eigenvalue weighted by Crippen LogP contribution is 2.25. The molecule has 0 aliphatic carbocycles. The van der Waals surface area contributed by atoms with Gasteiger partial charge < -0.3 is 14.8 Å². The summed E-state index contributed by atoms with van der Waals surface area (Å²) in [6.07, 6.45) is 1.52. The van der Waals surface area contributed by atoms with Crippen LogP contribution in [0.15, 0.2) is 72.3 Å². The molecule has 0 aromatic heterocycles. The largest absolute Gasteiger partial charge is 0.494 e. The number of carbonyl (C=O) groups excluding carboxylic acids is 1. The molecule has 32 heavy (non-hydrogen) atoms. The van der Waals surface area contributed by atoms with E-state index in [0.717, 1.165) is 9.13 Å². The first-order chi connectivity index (χ1) is 15.5. The number of amides is 1. The topological polar surface area (TPSA) is 71.3 Å². The van der Waals surface area contributed by atoms with Gasteiger partial charge in [0.15, 0.2) is 0 Å². The van der Waals surface area contributed by atoms with Gasteiger partial charge in [0.2, 0.25) is 0 Å². The van der Waals surface area contributed by atoms with E-state index in [1.165, 1.54) is 18.2 Å². The van der Waals surface area contributed by atoms with Crippen LogP contribution in [0.3, 0.4) is 0 Å². The lowest BCUT2D eigenvalue weighted by Crippen LogP contribution is -2.13. The van der Waals surface area contributed by atoms with E-state index in [1.807, 2.05) is 19.1 Å². The van der Waals surface area contributed by atoms with Crippen molar-refractivity contribution < 1.29 is 18.7 Å². The lowest BCUT2D eigenvalue weighted by Gasteiger charge is -2.10. The molecule has 0 spiro atoms.